The first-order valence-electron chi connectivity index (χ1n) is 5.10. The highest BCUT2D eigenvalue weighted by atomic mass is 16.4. The second kappa shape index (κ2) is 4.02. The second-order valence-electron chi connectivity index (χ2n) is 4.09. The molecule has 2 rings (SSSR count). The highest BCUT2D eigenvalue weighted by Crippen LogP contribution is 2.32. The third-order valence-corrected chi connectivity index (χ3v) is 3.12. The van der Waals surface area contributed by atoms with Gasteiger partial charge < -0.3 is 5.11 Å². The molecule has 0 spiro atoms. The van der Waals surface area contributed by atoms with E-state index in [2.05, 4.69) is 15.1 Å². The van der Waals surface area contributed by atoms with Crippen LogP contribution in [0.4, 0.5) is 0 Å². The Hall–Kier alpha value is -1.36. The molecule has 1 aliphatic rings. The smallest absolute Gasteiger partial charge is 0.306 e. The molecule has 0 bridgehead atoms. The molecule has 0 amide bonds. The van der Waals surface area contributed by atoms with Crippen molar-refractivity contribution in [3.05, 3.63) is 18.0 Å². The number of hydrogen-bond acceptors (Lipinski definition) is 3. The zero-order valence-electron chi connectivity index (χ0n) is 8.68. The highest BCUT2D eigenvalue weighted by molar-refractivity contribution is 5.70. The predicted molar refractivity (Wildman–Crippen MR) is 54.3 cm³/mol. The van der Waals surface area contributed by atoms with Gasteiger partial charge in [0.15, 0.2) is 0 Å². The van der Waals surface area contributed by atoms with Crippen molar-refractivity contribution in [1.82, 2.24) is 15.1 Å². The summed E-state index contributed by atoms with van der Waals surface area (Å²) in [7, 11) is 2.02. The van der Waals surface area contributed by atoms with Crippen LogP contribution in [0.25, 0.3) is 0 Å². The van der Waals surface area contributed by atoms with Crippen LogP contribution in [0.2, 0.25) is 0 Å². The number of H-pyrrole nitrogens is 1. The quantitative estimate of drug-likeness (QED) is 0.758. The van der Waals surface area contributed by atoms with Crippen LogP contribution in [0, 0.1) is 5.92 Å². The van der Waals surface area contributed by atoms with Gasteiger partial charge in [0.2, 0.25) is 0 Å². The maximum Gasteiger partial charge on any atom is 0.306 e. The number of likely N-dealkylation sites (tertiary alicyclic amines) is 1. The number of nitrogens with zero attached hydrogens (tertiary/aromatic N) is 2. The summed E-state index contributed by atoms with van der Waals surface area (Å²) in [6, 6.07) is 0.179. The van der Waals surface area contributed by atoms with E-state index < -0.39 is 5.97 Å². The fraction of sp³-hybridized carbons (Fsp3) is 0.600. The molecule has 2 heterocycles. The van der Waals surface area contributed by atoms with Crippen LogP contribution in [-0.2, 0) is 4.79 Å². The zero-order valence-corrected chi connectivity index (χ0v) is 8.68. The van der Waals surface area contributed by atoms with E-state index in [-0.39, 0.29) is 12.0 Å². The van der Waals surface area contributed by atoms with Gasteiger partial charge in [0.05, 0.1) is 12.1 Å². The Kier molecular flexibility index (Phi) is 2.73. The first-order chi connectivity index (χ1) is 7.18. The molecule has 2 unspecified atom stereocenters. The molecule has 1 fully saturated rings. The van der Waals surface area contributed by atoms with Gasteiger partial charge in [0, 0.05) is 17.8 Å². The highest BCUT2D eigenvalue weighted by Gasteiger charge is 2.31. The number of carboxylic acid groups (broad SMARTS) is 1. The number of nitrogens with one attached hydrogen (secondary N) is 1. The predicted octanol–water partition coefficient (Wildman–Crippen LogP) is 0.877. The molecule has 1 aliphatic heterocycles. The zero-order chi connectivity index (χ0) is 10.8. The minimum atomic E-state index is -0.684. The van der Waals surface area contributed by atoms with Crippen molar-refractivity contribution >= 4 is 5.97 Å². The van der Waals surface area contributed by atoms with Gasteiger partial charge in [-0.1, -0.05) is 0 Å². The maximum absolute atomic E-state index is 10.9. The van der Waals surface area contributed by atoms with Crippen molar-refractivity contribution in [2.75, 3.05) is 13.6 Å². The Labute approximate surface area is 88.1 Å². The molecule has 0 aliphatic carbocycles. The molecule has 0 saturated carbocycles. The fourth-order valence-electron chi connectivity index (χ4n) is 2.14. The van der Waals surface area contributed by atoms with Crippen molar-refractivity contribution < 1.29 is 9.90 Å². The SMILES string of the molecule is CN1CCC(C(=O)O)CC1c1cn[nH]c1. The van der Waals surface area contributed by atoms with Crippen LogP contribution < -0.4 is 0 Å². The van der Waals surface area contributed by atoms with E-state index in [1.807, 2.05) is 13.2 Å². The van der Waals surface area contributed by atoms with E-state index in [1.54, 1.807) is 6.20 Å². The van der Waals surface area contributed by atoms with Crippen molar-refractivity contribution in [1.29, 1.82) is 0 Å². The Bertz CT molecular complexity index is 336. The number of aromatic amines is 1. The lowest BCUT2D eigenvalue weighted by molar-refractivity contribution is -0.144. The molecule has 1 aromatic heterocycles. The minimum absolute atomic E-state index is 0.179. The fourth-order valence-corrected chi connectivity index (χ4v) is 2.14. The summed E-state index contributed by atoms with van der Waals surface area (Å²) in [5.74, 6) is -0.905. The number of aliphatic carboxylic acids is 1. The normalized spacial score (nSPS) is 27.8. The van der Waals surface area contributed by atoms with Crippen molar-refractivity contribution in [3.8, 4) is 0 Å². The summed E-state index contributed by atoms with van der Waals surface area (Å²) in [6.07, 6.45) is 5.02. The molecule has 5 nitrogen and oxygen atoms in total. The maximum atomic E-state index is 10.9. The van der Waals surface area contributed by atoms with Crippen molar-refractivity contribution in [2.45, 2.75) is 18.9 Å². The molecular formula is C10H15N3O2. The lowest BCUT2D eigenvalue weighted by Gasteiger charge is -2.34. The molecule has 2 atom stereocenters. The van der Waals surface area contributed by atoms with Crippen LogP contribution in [-0.4, -0.2) is 39.8 Å². The van der Waals surface area contributed by atoms with Gasteiger partial charge in [0.1, 0.15) is 0 Å². The van der Waals surface area contributed by atoms with Gasteiger partial charge in [-0.05, 0) is 26.4 Å². The van der Waals surface area contributed by atoms with E-state index in [0.29, 0.717) is 6.42 Å². The van der Waals surface area contributed by atoms with Gasteiger partial charge in [-0.15, -0.1) is 0 Å². The van der Waals surface area contributed by atoms with Crippen molar-refractivity contribution in [3.63, 3.8) is 0 Å². The molecule has 1 saturated heterocycles. The first-order valence-corrected chi connectivity index (χ1v) is 5.10. The molecular weight excluding hydrogens is 194 g/mol. The van der Waals surface area contributed by atoms with Crippen LogP contribution in [0.15, 0.2) is 12.4 Å². The van der Waals surface area contributed by atoms with E-state index in [4.69, 9.17) is 5.11 Å². The molecule has 1 aromatic rings. The van der Waals surface area contributed by atoms with Gasteiger partial charge in [-0.2, -0.15) is 5.10 Å². The number of rotatable bonds is 2. The molecule has 0 aromatic carbocycles. The summed E-state index contributed by atoms with van der Waals surface area (Å²) >= 11 is 0. The number of piperidine rings is 1. The Morgan fingerprint density at radius 2 is 2.53 bits per heavy atom. The average Bonchev–Trinajstić information content (AvgIpc) is 2.71. The van der Waals surface area contributed by atoms with Crippen LogP contribution in [0.3, 0.4) is 0 Å². The van der Waals surface area contributed by atoms with Crippen LogP contribution in [0.5, 0.6) is 0 Å². The molecule has 5 heteroatoms. The van der Waals surface area contributed by atoms with Crippen LogP contribution in [0.1, 0.15) is 24.4 Å². The summed E-state index contributed by atoms with van der Waals surface area (Å²) < 4.78 is 0. The van der Waals surface area contributed by atoms with E-state index in [1.165, 1.54) is 0 Å². The third kappa shape index (κ3) is 2.02. The number of carboxylic acids is 1. The Balaban J connectivity index is 2.12. The molecule has 15 heavy (non-hydrogen) atoms. The number of aromatic nitrogens is 2. The van der Waals surface area contributed by atoms with Gasteiger partial charge >= 0.3 is 5.97 Å². The second-order valence-corrected chi connectivity index (χ2v) is 4.09. The third-order valence-electron chi connectivity index (χ3n) is 3.12. The van der Waals surface area contributed by atoms with Gasteiger partial charge in [-0.25, -0.2) is 0 Å². The topological polar surface area (TPSA) is 69.2 Å². The number of hydrogen-bond donors (Lipinski definition) is 2. The standard InChI is InChI=1S/C10H15N3O2/c1-13-3-2-7(10(14)15)4-9(13)8-5-11-12-6-8/h5-7,9H,2-4H2,1H3,(H,11,12)(H,14,15). The van der Waals surface area contributed by atoms with E-state index >= 15 is 0 Å². The van der Waals surface area contributed by atoms with Crippen LogP contribution >= 0.6 is 0 Å². The molecule has 2 N–H and O–H groups in total. The van der Waals surface area contributed by atoms with Gasteiger partial charge in [-0.3, -0.25) is 14.8 Å². The summed E-state index contributed by atoms with van der Waals surface area (Å²) in [4.78, 5) is 13.1. The molecule has 82 valence electrons. The Morgan fingerprint density at radius 3 is 3.13 bits per heavy atom. The number of carbonyl (C=O) groups is 1. The largest absolute Gasteiger partial charge is 0.481 e. The molecule has 0 radical (unpaired) electrons. The summed E-state index contributed by atoms with van der Waals surface area (Å²) in [5.41, 5.74) is 1.07. The summed E-state index contributed by atoms with van der Waals surface area (Å²) in [6.45, 7) is 0.826. The lowest BCUT2D eigenvalue weighted by Crippen LogP contribution is -2.36. The van der Waals surface area contributed by atoms with Crippen molar-refractivity contribution in [2.24, 2.45) is 5.92 Å². The monoisotopic (exact) mass is 209 g/mol. The minimum Gasteiger partial charge on any atom is -0.481 e. The Morgan fingerprint density at radius 1 is 1.73 bits per heavy atom. The average molecular weight is 209 g/mol. The van der Waals surface area contributed by atoms with E-state index in [0.717, 1.165) is 18.5 Å². The lowest BCUT2D eigenvalue weighted by atomic mass is 9.89. The first kappa shape index (κ1) is 10.2. The van der Waals surface area contributed by atoms with Gasteiger partial charge in [0.25, 0.3) is 0 Å². The van der Waals surface area contributed by atoms with E-state index in [9.17, 15) is 4.79 Å². The summed E-state index contributed by atoms with van der Waals surface area (Å²) in [5, 5.41) is 15.7.